The van der Waals surface area contributed by atoms with Crippen LogP contribution in [0.2, 0.25) is 0 Å². The summed E-state index contributed by atoms with van der Waals surface area (Å²) in [6.07, 6.45) is 19.6. The largest absolute Gasteiger partial charge is 0.463 e. The van der Waals surface area contributed by atoms with E-state index in [1.807, 2.05) is 13.8 Å². The monoisotopic (exact) mass is 448 g/mol. The van der Waals surface area contributed by atoms with E-state index in [1.54, 1.807) is 6.08 Å². The maximum Gasteiger partial charge on any atom is 0.306 e. The van der Waals surface area contributed by atoms with Crippen LogP contribution >= 0.6 is 0 Å². The van der Waals surface area contributed by atoms with Crippen LogP contribution in [0.5, 0.6) is 0 Å². The number of carbonyl (C=O) groups excluding carboxylic acids is 2. The van der Waals surface area contributed by atoms with Crippen LogP contribution in [0.3, 0.4) is 0 Å². The van der Waals surface area contributed by atoms with Crippen molar-refractivity contribution in [2.75, 3.05) is 13.2 Å². The quantitative estimate of drug-likeness (QED) is 0.157. The lowest BCUT2D eigenvalue weighted by molar-refractivity contribution is -0.170. The van der Waals surface area contributed by atoms with E-state index in [1.165, 1.54) is 25.7 Å². The lowest BCUT2D eigenvalue weighted by Crippen LogP contribution is -2.31. The molecule has 2 rings (SSSR count). The molecule has 0 saturated carbocycles. The predicted molar refractivity (Wildman–Crippen MR) is 127 cm³/mol. The Labute approximate surface area is 195 Å². The van der Waals surface area contributed by atoms with Crippen molar-refractivity contribution in [3.8, 4) is 0 Å². The Morgan fingerprint density at radius 2 is 1.88 bits per heavy atom. The van der Waals surface area contributed by atoms with Gasteiger partial charge in [-0.2, -0.15) is 0 Å². The van der Waals surface area contributed by atoms with Gasteiger partial charge in [0, 0.05) is 25.2 Å². The summed E-state index contributed by atoms with van der Waals surface area (Å²) >= 11 is 0. The molecule has 0 aromatic rings. The van der Waals surface area contributed by atoms with E-state index in [-0.39, 0.29) is 29.7 Å². The van der Waals surface area contributed by atoms with Crippen molar-refractivity contribution in [3.63, 3.8) is 0 Å². The summed E-state index contributed by atoms with van der Waals surface area (Å²) in [5, 5.41) is 0. The Morgan fingerprint density at radius 1 is 1.12 bits per heavy atom. The fraction of sp³-hybridized carbons (Fsp3) is 0.778. The van der Waals surface area contributed by atoms with Crippen LogP contribution in [0.15, 0.2) is 24.3 Å². The molecule has 2 aliphatic rings. The Balaban J connectivity index is 1.73. The van der Waals surface area contributed by atoms with Gasteiger partial charge in [0.1, 0.15) is 0 Å². The van der Waals surface area contributed by atoms with Gasteiger partial charge in [0.25, 0.3) is 0 Å². The minimum absolute atomic E-state index is 0.0140. The number of ether oxygens (including phenoxy) is 3. The Morgan fingerprint density at radius 3 is 2.59 bits per heavy atom. The summed E-state index contributed by atoms with van der Waals surface area (Å²) in [5.74, 6) is -0.101. The molecule has 1 heterocycles. The highest BCUT2D eigenvalue weighted by Crippen LogP contribution is 2.36. The molecule has 32 heavy (non-hydrogen) atoms. The molecule has 5 nitrogen and oxygen atoms in total. The van der Waals surface area contributed by atoms with Gasteiger partial charge in [-0.15, -0.1) is 0 Å². The molecule has 0 radical (unpaired) electrons. The number of esters is 1. The van der Waals surface area contributed by atoms with Crippen LogP contribution in [0.25, 0.3) is 0 Å². The lowest BCUT2D eigenvalue weighted by Gasteiger charge is -2.29. The van der Waals surface area contributed by atoms with Crippen LogP contribution in [-0.2, 0) is 23.8 Å². The smallest absolute Gasteiger partial charge is 0.306 e. The van der Waals surface area contributed by atoms with Gasteiger partial charge < -0.3 is 14.2 Å². The third-order valence-electron chi connectivity index (χ3n) is 6.40. The predicted octanol–water partition coefficient (Wildman–Crippen LogP) is 6.31. The topological polar surface area (TPSA) is 61.8 Å². The van der Waals surface area contributed by atoms with Crippen molar-refractivity contribution in [1.29, 1.82) is 0 Å². The normalized spacial score (nSPS) is 22.4. The zero-order valence-corrected chi connectivity index (χ0v) is 20.5. The van der Waals surface area contributed by atoms with Gasteiger partial charge in [0.05, 0.1) is 19.3 Å². The summed E-state index contributed by atoms with van der Waals surface area (Å²) in [7, 11) is 0. The average molecular weight is 449 g/mol. The molecule has 1 aliphatic heterocycles. The Hall–Kier alpha value is -1.46. The summed E-state index contributed by atoms with van der Waals surface area (Å²) < 4.78 is 17.3. The third-order valence-corrected chi connectivity index (χ3v) is 6.40. The molecule has 0 spiro atoms. The maximum absolute atomic E-state index is 12.4. The van der Waals surface area contributed by atoms with Gasteiger partial charge >= 0.3 is 5.97 Å². The van der Waals surface area contributed by atoms with Gasteiger partial charge in [-0.05, 0) is 57.9 Å². The SMILES string of the molecule is CCCCCCCC1(CC[C@H]2C=CC(=O)C2C/C=C\CCCC(=O)OC(C)C)OCCO1. The van der Waals surface area contributed by atoms with Crippen molar-refractivity contribution in [2.24, 2.45) is 11.8 Å². The van der Waals surface area contributed by atoms with Gasteiger partial charge in [0.2, 0.25) is 0 Å². The van der Waals surface area contributed by atoms with E-state index < -0.39 is 5.79 Å². The molecule has 2 atom stereocenters. The molecule has 1 saturated heterocycles. The van der Waals surface area contributed by atoms with Crippen molar-refractivity contribution in [3.05, 3.63) is 24.3 Å². The van der Waals surface area contributed by atoms with Crippen molar-refractivity contribution >= 4 is 11.8 Å². The van der Waals surface area contributed by atoms with Gasteiger partial charge in [0.15, 0.2) is 11.6 Å². The van der Waals surface area contributed by atoms with Gasteiger partial charge in [-0.25, -0.2) is 0 Å². The highest BCUT2D eigenvalue weighted by Gasteiger charge is 2.38. The second-order valence-electron chi connectivity index (χ2n) is 9.48. The van der Waals surface area contributed by atoms with E-state index in [9.17, 15) is 9.59 Å². The maximum atomic E-state index is 12.4. The van der Waals surface area contributed by atoms with Crippen molar-refractivity contribution in [2.45, 2.75) is 110 Å². The van der Waals surface area contributed by atoms with E-state index in [0.717, 1.165) is 44.9 Å². The van der Waals surface area contributed by atoms with E-state index in [0.29, 0.717) is 19.6 Å². The number of ketones is 1. The molecule has 5 heteroatoms. The second kappa shape index (κ2) is 14.6. The number of hydrogen-bond donors (Lipinski definition) is 0. The zero-order valence-electron chi connectivity index (χ0n) is 20.5. The average Bonchev–Trinajstić information content (AvgIpc) is 3.36. The van der Waals surface area contributed by atoms with E-state index in [2.05, 4.69) is 25.2 Å². The van der Waals surface area contributed by atoms with Crippen molar-refractivity contribution < 1.29 is 23.8 Å². The number of unbranched alkanes of at least 4 members (excludes halogenated alkanes) is 5. The number of carbonyl (C=O) groups is 2. The number of hydrogen-bond acceptors (Lipinski definition) is 5. The molecular weight excluding hydrogens is 404 g/mol. The molecule has 0 aromatic carbocycles. The number of allylic oxidation sites excluding steroid dienone is 4. The zero-order chi connectivity index (χ0) is 23.2. The number of rotatable bonds is 16. The minimum Gasteiger partial charge on any atom is -0.463 e. The van der Waals surface area contributed by atoms with Crippen LogP contribution in [0, 0.1) is 11.8 Å². The van der Waals surface area contributed by atoms with Gasteiger partial charge in [-0.1, -0.05) is 50.8 Å². The molecular formula is C27H44O5. The second-order valence-corrected chi connectivity index (χ2v) is 9.48. The fourth-order valence-corrected chi connectivity index (χ4v) is 4.62. The summed E-state index contributed by atoms with van der Waals surface area (Å²) in [5.41, 5.74) is 0. The first-order chi connectivity index (χ1) is 15.5. The van der Waals surface area contributed by atoms with Crippen LogP contribution in [0.1, 0.15) is 97.8 Å². The molecule has 0 N–H and O–H groups in total. The van der Waals surface area contributed by atoms with Crippen LogP contribution < -0.4 is 0 Å². The van der Waals surface area contributed by atoms with Crippen LogP contribution in [0.4, 0.5) is 0 Å². The van der Waals surface area contributed by atoms with Gasteiger partial charge in [-0.3, -0.25) is 9.59 Å². The van der Waals surface area contributed by atoms with E-state index >= 15 is 0 Å². The first-order valence-corrected chi connectivity index (χ1v) is 12.8. The van der Waals surface area contributed by atoms with E-state index in [4.69, 9.17) is 14.2 Å². The van der Waals surface area contributed by atoms with Crippen molar-refractivity contribution in [1.82, 2.24) is 0 Å². The molecule has 1 unspecified atom stereocenters. The summed E-state index contributed by atoms with van der Waals surface area (Å²) in [6, 6.07) is 0. The molecule has 0 bridgehead atoms. The fourth-order valence-electron chi connectivity index (χ4n) is 4.62. The highest BCUT2D eigenvalue weighted by atomic mass is 16.7. The lowest BCUT2D eigenvalue weighted by atomic mass is 9.86. The summed E-state index contributed by atoms with van der Waals surface area (Å²) in [4.78, 5) is 24.0. The Bertz CT molecular complexity index is 616. The molecule has 1 fully saturated rings. The Kier molecular flexibility index (Phi) is 12.3. The molecule has 0 amide bonds. The molecule has 182 valence electrons. The summed E-state index contributed by atoms with van der Waals surface area (Å²) in [6.45, 7) is 7.30. The molecule has 1 aliphatic carbocycles. The van der Waals surface area contributed by atoms with Crippen LogP contribution in [-0.4, -0.2) is 36.9 Å². The highest BCUT2D eigenvalue weighted by molar-refractivity contribution is 5.94. The first kappa shape index (κ1) is 26.8. The minimum atomic E-state index is -0.448. The standard InChI is InChI=1S/C27H44O5/c1-4-5-6-9-12-18-27(30-20-21-31-27)19-17-23-15-16-25(28)24(23)13-10-7-8-11-14-26(29)32-22(2)3/h7,10,15-16,22-24H,4-6,8-9,11-14,17-21H2,1-3H3/b10-7-/t23-,24?/m1/s1. The molecule has 0 aromatic heterocycles. The first-order valence-electron chi connectivity index (χ1n) is 12.8. The third kappa shape index (κ3) is 9.58.